The summed E-state index contributed by atoms with van der Waals surface area (Å²) in [7, 11) is 0. The minimum atomic E-state index is -0.390. The summed E-state index contributed by atoms with van der Waals surface area (Å²) in [6, 6.07) is 4.06. The van der Waals surface area contributed by atoms with E-state index in [-0.39, 0.29) is 18.4 Å². The molecule has 0 unspecified atom stereocenters. The summed E-state index contributed by atoms with van der Waals surface area (Å²) in [6.07, 6.45) is 6.13. The fourth-order valence-corrected chi connectivity index (χ4v) is 1.67. The molecule has 0 aliphatic carbocycles. The molecule has 1 aromatic rings. The Bertz CT molecular complexity index is 377. The van der Waals surface area contributed by atoms with Crippen LogP contribution < -0.4 is 5.32 Å². The molecule has 0 atom stereocenters. The van der Waals surface area contributed by atoms with Gasteiger partial charge >= 0.3 is 5.97 Å². The van der Waals surface area contributed by atoms with Crippen molar-refractivity contribution in [2.45, 2.75) is 45.6 Å². The maximum atomic E-state index is 11.4. The van der Waals surface area contributed by atoms with E-state index in [4.69, 9.17) is 4.74 Å². The lowest BCUT2D eigenvalue weighted by molar-refractivity contribution is -0.154. The molecule has 0 fully saturated rings. The van der Waals surface area contributed by atoms with Crippen molar-refractivity contribution in [1.82, 2.24) is 10.3 Å². The summed E-state index contributed by atoms with van der Waals surface area (Å²) in [5.74, 6) is -0.144. The van der Waals surface area contributed by atoms with Crippen molar-refractivity contribution in [3.05, 3.63) is 30.1 Å². The van der Waals surface area contributed by atoms with Gasteiger partial charge in [0.2, 0.25) is 0 Å². The van der Waals surface area contributed by atoms with Crippen LogP contribution in [0.25, 0.3) is 0 Å². The number of esters is 1. The van der Waals surface area contributed by atoms with Crippen LogP contribution in [0.5, 0.6) is 0 Å². The summed E-state index contributed by atoms with van der Waals surface area (Å²) in [5.41, 5.74) is 0.905. The molecular formula is C15H25ClN2O2. The van der Waals surface area contributed by atoms with E-state index >= 15 is 0 Å². The van der Waals surface area contributed by atoms with Crippen LogP contribution in [0.2, 0.25) is 0 Å². The van der Waals surface area contributed by atoms with Crippen LogP contribution in [0.1, 0.15) is 39.2 Å². The zero-order valence-electron chi connectivity index (χ0n) is 12.5. The van der Waals surface area contributed by atoms with Gasteiger partial charge in [-0.15, -0.1) is 12.4 Å². The largest absolute Gasteiger partial charge is 0.460 e. The monoisotopic (exact) mass is 300 g/mol. The number of nitrogens with zero attached hydrogens (tertiary/aromatic N) is 1. The molecule has 0 bridgehead atoms. The molecule has 1 heterocycles. The lowest BCUT2D eigenvalue weighted by atomic mass is 10.1. The first-order valence-electron chi connectivity index (χ1n) is 6.79. The molecule has 1 aromatic heterocycles. The summed E-state index contributed by atoms with van der Waals surface area (Å²) in [4.78, 5) is 15.4. The normalized spacial score (nSPS) is 10.8. The molecule has 1 rings (SSSR count). The van der Waals surface area contributed by atoms with Gasteiger partial charge in [-0.05, 0) is 57.9 Å². The van der Waals surface area contributed by atoms with Crippen molar-refractivity contribution in [3.8, 4) is 0 Å². The predicted molar refractivity (Wildman–Crippen MR) is 83.1 cm³/mol. The summed E-state index contributed by atoms with van der Waals surface area (Å²) in [5, 5.41) is 3.26. The first-order valence-corrected chi connectivity index (χ1v) is 6.79. The number of ether oxygens (including phenoxy) is 1. The lowest BCUT2D eigenvalue weighted by Gasteiger charge is -2.19. The average Bonchev–Trinajstić information content (AvgIpc) is 2.32. The first-order chi connectivity index (χ1) is 8.97. The number of pyridine rings is 1. The topological polar surface area (TPSA) is 51.2 Å². The van der Waals surface area contributed by atoms with Crippen LogP contribution in [0, 0.1) is 0 Å². The minimum Gasteiger partial charge on any atom is -0.460 e. The zero-order valence-corrected chi connectivity index (χ0v) is 13.3. The highest BCUT2D eigenvalue weighted by Crippen LogP contribution is 2.07. The smallest absolute Gasteiger partial charge is 0.307 e. The molecule has 5 heteroatoms. The zero-order chi connectivity index (χ0) is 14.1. The summed E-state index contributed by atoms with van der Waals surface area (Å²) >= 11 is 0. The quantitative estimate of drug-likeness (QED) is 0.621. The van der Waals surface area contributed by atoms with Gasteiger partial charge in [0.05, 0.1) is 6.42 Å². The van der Waals surface area contributed by atoms with Gasteiger partial charge in [-0.2, -0.15) is 0 Å². The number of carbonyl (C=O) groups excluding carboxylic acids is 1. The third-order valence-corrected chi connectivity index (χ3v) is 2.49. The SMILES string of the molecule is CC(C)(C)OC(=O)CCNCCCc1ccncc1.Cl. The van der Waals surface area contributed by atoms with Crippen molar-refractivity contribution in [2.75, 3.05) is 13.1 Å². The Kier molecular flexibility index (Phi) is 9.17. The Hall–Kier alpha value is -1.13. The number of hydrogen-bond acceptors (Lipinski definition) is 4. The molecule has 0 spiro atoms. The lowest BCUT2D eigenvalue weighted by Crippen LogP contribution is -2.27. The second kappa shape index (κ2) is 9.72. The fraction of sp³-hybridized carbons (Fsp3) is 0.600. The number of nitrogens with one attached hydrogen (secondary N) is 1. The van der Waals surface area contributed by atoms with Crippen molar-refractivity contribution >= 4 is 18.4 Å². The first kappa shape index (κ1) is 18.9. The number of hydrogen-bond donors (Lipinski definition) is 1. The van der Waals surface area contributed by atoms with Crippen molar-refractivity contribution in [3.63, 3.8) is 0 Å². The second-order valence-electron chi connectivity index (χ2n) is 5.55. The Balaban J connectivity index is 0.00000361. The molecule has 0 aromatic carbocycles. The van der Waals surface area contributed by atoms with Crippen LogP contribution in [-0.4, -0.2) is 29.6 Å². The van der Waals surface area contributed by atoms with E-state index in [2.05, 4.69) is 10.3 Å². The third kappa shape index (κ3) is 9.75. The number of carbonyl (C=O) groups is 1. The molecule has 4 nitrogen and oxygen atoms in total. The van der Waals surface area contributed by atoms with Gasteiger partial charge in [0.25, 0.3) is 0 Å². The van der Waals surface area contributed by atoms with Crippen LogP contribution >= 0.6 is 12.4 Å². The maximum absolute atomic E-state index is 11.4. The van der Waals surface area contributed by atoms with E-state index in [9.17, 15) is 4.79 Å². The van der Waals surface area contributed by atoms with E-state index in [1.54, 1.807) is 0 Å². The Morgan fingerprint density at radius 3 is 2.50 bits per heavy atom. The number of halogens is 1. The number of aromatic nitrogens is 1. The molecule has 0 saturated heterocycles. The highest BCUT2D eigenvalue weighted by Gasteiger charge is 2.15. The molecular weight excluding hydrogens is 276 g/mol. The number of rotatable bonds is 7. The van der Waals surface area contributed by atoms with Crippen LogP contribution in [0.3, 0.4) is 0 Å². The van der Waals surface area contributed by atoms with Crippen molar-refractivity contribution in [2.24, 2.45) is 0 Å². The van der Waals surface area contributed by atoms with Gasteiger partial charge in [-0.25, -0.2) is 0 Å². The third-order valence-electron chi connectivity index (χ3n) is 2.49. The van der Waals surface area contributed by atoms with E-state index in [1.807, 2.05) is 45.3 Å². The standard InChI is InChI=1S/C15H24N2O2.ClH/c1-15(2,3)19-14(18)8-12-16-9-4-5-13-6-10-17-11-7-13;/h6-7,10-11,16H,4-5,8-9,12H2,1-3H3;1H. The van der Waals surface area contributed by atoms with Gasteiger partial charge in [-0.1, -0.05) is 0 Å². The second-order valence-corrected chi connectivity index (χ2v) is 5.55. The highest BCUT2D eigenvalue weighted by molar-refractivity contribution is 5.85. The molecule has 0 radical (unpaired) electrons. The van der Waals surface area contributed by atoms with Crippen molar-refractivity contribution < 1.29 is 9.53 Å². The van der Waals surface area contributed by atoms with Crippen LogP contribution in [0.4, 0.5) is 0 Å². The summed E-state index contributed by atoms with van der Waals surface area (Å²) < 4.78 is 5.23. The minimum absolute atomic E-state index is 0. The molecule has 1 N–H and O–H groups in total. The van der Waals surface area contributed by atoms with E-state index in [0.717, 1.165) is 19.4 Å². The average molecular weight is 301 g/mol. The number of aryl methyl sites for hydroxylation is 1. The highest BCUT2D eigenvalue weighted by atomic mass is 35.5. The molecule has 0 amide bonds. The van der Waals surface area contributed by atoms with Gasteiger partial charge in [0, 0.05) is 18.9 Å². The van der Waals surface area contributed by atoms with Crippen molar-refractivity contribution in [1.29, 1.82) is 0 Å². The molecule has 114 valence electrons. The molecule has 0 saturated carbocycles. The van der Waals surface area contributed by atoms with Gasteiger partial charge < -0.3 is 10.1 Å². The predicted octanol–water partition coefficient (Wildman–Crippen LogP) is 2.76. The molecule has 20 heavy (non-hydrogen) atoms. The fourth-order valence-electron chi connectivity index (χ4n) is 1.67. The van der Waals surface area contributed by atoms with E-state index < -0.39 is 5.60 Å². The molecule has 0 aliphatic rings. The molecule has 0 aliphatic heterocycles. The van der Waals surface area contributed by atoms with Gasteiger partial charge in [0.15, 0.2) is 0 Å². The Labute approximate surface area is 127 Å². The van der Waals surface area contributed by atoms with Gasteiger partial charge in [-0.3, -0.25) is 9.78 Å². The Morgan fingerprint density at radius 1 is 1.25 bits per heavy atom. The summed E-state index contributed by atoms with van der Waals surface area (Å²) in [6.45, 7) is 7.23. The van der Waals surface area contributed by atoms with Gasteiger partial charge in [0.1, 0.15) is 5.60 Å². The Morgan fingerprint density at radius 2 is 1.90 bits per heavy atom. The van der Waals surface area contributed by atoms with Crippen LogP contribution in [-0.2, 0) is 16.0 Å². The van der Waals surface area contributed by atoms with E-state index in [1.165, 1.54) is 5.56 Å². The van der Waals surface area contributed by atoms with Crippen LogP contribution in [0.15, 0.2) is 24.5 Å². The van der Waals surface area contributed by atoms with E-state index in [0.29, 0.717) is 13.0 Å². The maximum Gasteiger partial charge on any atom is 0.307 e.